The number of hydrogen-bond donors (Lipinski definition) is 2. The predicted molar refractivity (Wildman–Crippen MR) is 93.8 cm³/mol. The maximum atomic E-state index is 11.8. The first-order chi connectivity index (χ1) is 8.38. The van der Waals surface area contributed by atoms with Gasteiger partial charge in [0.15, 0.2) is 5.96 Å². The van der Waals surface area contributed by atoms with E-state index in [0.29, 0.717) is 31.4 Å². The Balaban J connectivity index is 0. The minimum absolute atomic E-state index is 0. The fourth-order valence-corrected chi connectivity index (χ4v) is 2.04. The lowest BCUT2D eigenvalue weighted by molar-refractivity contribution is 0.146. The second-order valence-electron chi connectivity index (χ2n) is 4.91. The summed E-state index contributed by atoms with van der Waals surface area (Å²) in [7, 11) is -0.857. The molecule has 1 unspecified atom stereocenters. The Morgan fingerprint density at radius 1 is 1.42 bits per heavy atom. The Labute approximate surface area is 136 Å². The normalized spacial score (nSPS) is 13.8. The van der Waals surface area contributed by atoms with Crippen LogP contribution in [0.1, 0.15) is 34.1 Å². The molecule has 0 aromatic carbocycles. The molecule has 0 saturated carbocycles. The third kappa shape index (κ3) is 12.9. The molecule has 1 atom stereocenters. The molecule has 3 N–H and O–H groups in total. The molecular formula is C12H28IN3O2S. The van der Waals surface area contributed by atoms with Crippen LogP contribution < -0.4 is 11.1 Å². The SMILES string of the molecule is CCOCCCN=C(N)NCCS(=O)C(C)(C)C.I. The highest BCUT2D eigenvalue weighted by atomic mass is 127. The Morgan fingerprint density at radius 3 is 2.58 bits per heavy atom. The number of nitrogens with zero attached hydrogens (tertiary/aromatic N) is 1. The molecule has 0 spiro atoms. The molecule has 0 aromatic heterocycles. The standard InChI is InChI=1S/C12H27N3O2S.HI/c1-5-17-9-6-7-14-11(13)15-8-10-18(16)12(2,3)4;/h5-10H2,1-4H3,(H3,13,14,15);1H. The zero-order valence-corrected chi connectivity index (χ0v) is 15.5. The molecule has 7 heteroatoms. The van der Waals surface area contributed by atoms with E-state index in [0.717, 1.165) is 13.0 Å². The molecule has 0 aliphatic carbocycles. The fourth-order valence-electron chi connectivity index (χ4n) is 1.14. The van der Waals surface area contributed by atoms with E-state index in [1.54, 1.807) is 0 Å². The third-order valence-electron chi connectivity index (χ3n) is 2.21. The van der Waals surface area contributed by atoms with Crippen LogP contribution in [0.15, 0.2) is 4.99 Å². The molecule has 0 aliphatic rings. The summed E-state index contributed by atoms with van der Waals surface area (Å²) in [6.45, 7) is 10.6. The van der Waals surface area contributed by atoms with Crippen LogP contribution in [-0.2, 0) is 15.5 Å². The van der Waals surface area contributed by atoms with Crippen molar-refractivity contribution in [1.82, 2.24) is 5.32 Å². The molecule has 0 saturated heterocycles. The largest absolute Gasteiger partial charge is 0.382 e. The second-order valence-corrected chi connectivity index (χ2v) is 7.23. The van der Waals surface area contributed by atoms with Gasteiger partial charge in [-0.3, -0.25) is 9.20 Å². The van der Waals surface area contributed by atoms with Crippen LogP contribution >= 0.6 is 24.0 Å². The van der Waals surface area contributed by atoms with Crippen LogP contribution in [0.2, 0.25) is 0 Å². The van der Waals surface area contributed by atoms with Crippen molar-refractivity contribution in [2.24, 2.45) is 10.7 Å². The first-order valence-electron chi connectivity index (χ1n) is 6.38. The summed E-state index contributed by atoms with van der Waals surface area (Å²) in [6.07, 6.45) is 0.865. The fraction of sp³-hybridized carbons (Fsp3) is 0.917. The summed E-state index contributed by atoms with van der Waals surface area (Å²) in [5.41, 5.74) is 5.68. The van der Waals surface area contributed by atoms with Crippen molar-refractivity contribution in [3.63, 3.8) is 0 Å². The van der Waals surface area contributed by atoms with E-state index in [9.17, 15) is 4.21 Å². The summed E-state index contributed by atoms with van der Waals surface area (Å²) in [5.74, 6) is 0.996. The number of nitrogens with two attached hydrogens (primary N) is 1. The van der Waals surface area contributed by atoms with Gasteiger partial charge in [-0.25, -0.2) is 0 Å². The van der Waals surface area contributed by atoms with E-state index >= 15 is 0 Å². The minimum Gasteiger partial charge on any atom is -0.382 e. The molecule has 0 aromatic rings. The first kappa shape index (κ1) is 21.4. The minimum atomic E-state index is -0.857. The van der Waals surface area contributed by atoms with Crippen LogP contribution in [-0.4, -0.2) is 47.0 Å². The number of hydrogen-bond acceptors (Lipinski definition) is 3. The van der Waals surface area contributed by atoms with Crippen molar-refractivity contribution in [3.05, 3.63) is 0 Å². The van der Waals surface area contributed by atoms with E-state index < -0.39 is 10.8 Å². The number of halogens is 1. The van der Waals surface area contributed by atoms with Crippen LogP contribution in [0.25, 0.3) is 0 Å². The lowest BCUT2D eigenvalue weighted by Crippen LogP contribution is -2.37. The number of ether oxygens (including phenoxy) is 1. The maximum absolute atomic E-state index is 11.8. The van der Waals surface area contributed by atoms with Crippen molar-refractivity contribution in [2.45, 2.75) is 38.9 Å². The van der Waals surface area contributed by atoms with Gasteiger partial charge in [0.2, 0.25) is 0 Å². The highest BCUT2D eigenvalue weighted by Gasteiger charge is 2.18. The second kappa shape index (κ2) is 11.9. The zero-order valence-electron chi connectivity index (χ0n) is 12.4. The molecular weight excluding hydrogens is 377 g/mol. The van der Waals surface area contributed by atoms with Gasteiger partial charge in [0.05, 0.1) is 0 Å². The lowest BCUT2D eigenvalue weighted by atomic mass is 10.3. The highest BCUT2D eigenvalue weighted by molar-refractivity contribution is 14.0. The Bertz CT molecular complexity index is 281. The summed E-state index contributed by atoms with van der Waals surface area (Å²) in [5, 5.41) is 2.97. The van der Waals surface area contributed by atoms with Crippen molar-refractivity contribution < 1.29 is 8.95 Å². The maximum Gasteiger partial charge on any atom is 0.188 e. The molecule has 0 aliphatic heterocycles. The van der Waals surface area contributed by atoms with E-state index in [4.69, 9.17) is 10.5 Å². The van der Waals surface area contributed by atoms with E-state index in [1.165, 1.54) is 0 Å². The van der Waals surface area contributed by atoms with Crippen LogP contribution in [0.5, 0.6) is 0 Å². The van der Waals surface area contributed by atoms with Crippen molar-refractivity contribution in [3.8, 4) is 0 Å². The number of aliphatic imine (C=N–C) groups is 1. The summed E-state index contributed by atoms with van der Waals surface area (Å²) >= 11 is 0. The average Bonchev–Trinajstić information content (AvgIpc) is 2.27. The number of rotatable bonds is 8. The van der Waals surface area contributed by atoms with Crippen molar-refractivity contribution in [2.75, 3.05) is 32.1 Å². The molecule has 0 fully saturated rings. The van der Waals surface area contributed by atoms with Gasteiger partial charge in [0, 0.05) is 47.6 Å². The predicted octanol–water partition coefficient (Wildman–Crippen LogP) is 1.48. The molecule has 0 radical (unpaired) electrons. The van der Waals surface area contributed by atoms with E-state index in [1.807, 2.05) is 27.7 Å². The quantitative estimate of drug-likeness (QED) is 0.278. The molecule has 0 amide bonds. The van der Waals surface area contributed by atoms with E-state index in [2.05, 4.69) is 10.3 Å². The van der Waals surface area contributed by atoms with Crippen molar-refractivity contribution in [1.29, 1.82) is 0 Å². The highest BCUT2D eigenvalue weighted by Crippen LogP contribution is 2.10. The molecule has 0 rings (SSSR count). The lowest BCUT2D eigenvalue weighted by Gasteiger charge is -2.17. The molecule has 0 bridgehead atoms. The van der Waals surface area contributed by atoms with E-state index in [-0.39, 0.29) is 28.7 Å². The third-order valence-corrected chi connectivity index (χ3v) is 4.15. The topological polar surface area (TPSA) is 76.7 Å². The van der Waals surface area contributed by atoms with Crippen LogP contribution in [0, 0.1) is 0 Å². The first-order valence-corrected chi connectivity index (χ1v) is 7.69. The van der Waals surface area contributed by atoms with Gasteiger partial charge in [-0.2, -0.15) is 0 Å². The molecule has 19 heavy (non-hydrogen) atoms. The van der Waals surface area contributed by atoms with Crippen molar-refractivity contribution >= 4 is 40.7 Å². The van der Waals surface area contributed by atoms with Gasteiger partial charge in [0.1, 0.15) is 0 Å². The zero-order chi connectivity index (χ0) is 14.0. The van der Waals surface area contributed by atoms with Gasteiger partial charge in [0.25, 0.3) is 0 Å². The van der Waals surface area contributed by atoms with Gasteiger partial charge < -0.3 is 15.8 Å². The number of nitrogens with one attached hydrogen (secondary N) is 1. The Morgan fingerprint density at radius 2 is 2.05 bits per heavy atom. The number of guanidine groups is 1. The Kier molecular flexibility index (Phi) is 13.4. The smallest absolute Gasteiger partial charge is 0.188 e. The summed E-state index contributed by atoms with van der Waals surface area (Å²) in [4.78, 5) is 4.16. The van der Waals surface area contributed by atoms with Gasteiger partial charge >= 0.3 is 0 Å². The van der Waals surface area contributed by atoms with Crippen LogP contribution in [0.3, 0.4) is 0 Å². The molecule has 0 heterocycles. The van der Waals surface area contributed by atoms with Crippen LogP contribution in [0.4, 0.5) is 0 Å². The summed E-state index contributed by atoms with van der Waals surface area (Å²) in [6, 6.07) is 0. The van der Waals surface area contributed by atoms with Gasteiger partial charge in [-0.1, -0.05) is 0 Å². The molecule has 5 nitrogen and oxygen atoms in total. The average molecular weight is 405 g/mol. The molecule has 116 valence electrons. The van der Waals surface area contributed by atoms with Gasteiger partial charge in [-0.05, 0) is 34.1 Å². The monoisotopic (exact) mass is 405 g/mol. The van der Waals surface area contributed by atoms with Gasteiger partial charge in [-0.15, -0.1) is 24.0 Å². The Hall–Kier alpha value is 0.110. The summed E-state index contributed by atoms with van der Waals surface area (Å²) < 4.78 is 16.8.